The highest BCUT2D eigenvalue weighted by Gasteiger charge is 2.21. The van der Waals surface area contributed by atoms with Gasteiger partial charge in [-0.2, -0.15) is 10.2 Å². The molecule has 0 aliphatic carbocycles. The highest BCUT2D eigenvalue weighted by Crippen LogP contribution is 2.26. The molecule has 0 atom stereocenters. The number of carbonyl (C=O) groups excluding carboxylic acids is 2. The van der Waals surface area contributed by atoms with Crippen molar-refractivity contribution in [2.45, 2.75) is 6.54 Å². The average Bonchev–Trinajstić information content (AvgIpc) is 3.30. The second-order valence-corrected chi connectivity index (χ2v) is 6.26. The Bertz CT molecular complexity index is 1040. The quantitative estimate of drug-likeness (QED) is 0.621. The first kappa shape index (κ1) is 19.9. The SMILES string of the molecule is COc1ccc(C(=O)Nc2cnn(C)c2C(=O)NCc2cnn(C)c2)c(OC)c1. The lowest BCUT2D eigenvalue weighted by Gasteiger charge is -2.11. The second kappa shape index (κ2) is 8.46. The van der Waals surface area contributed by atoms with Gasteiger partial charge in [0.05, 0.1) is 37.9 Å². The van der Waals surface area contributed by atoms with Crippen LogP contribution in [0.15, 0.2) is 36.8 Å². The molecular formula is C19H22N6O4. The molecule has 3 aromatic rings. The van der Waals surface area contributed by atoms with E-state index < -0.39 is 5.91 Å². The Morgan fingerprint density at radius 2 is 1.86 bits per heavy atom. The molecule has 2 heterocycles. The standard InChI is InChI=1S/C19H22N6O4/c1-24-11-12(9-21-24)8-20-19(27)17-15(10-22-25(17)2)23-18(26)14-6-5-13(28-3)7-16(14)29-4/h5-7,9-11H,8H2,1-4H3,(H,20,27)(H,23,26). The van der Waals surface area contributed by atoms with Crippen LogP contribution < -0.4 is 20.1 Å². The molecule has 0 spiro atoms. The summed E-state index contributed by atoms with van der Waals surface area (Å²) in [5.41, 5.74) is 1.68. The highest BCUT2D eigenvalue weighted by molar-refractivity contribution is 6.09. The topological polar surface area (TPSA) is 112 Å². The molecule has 0 saturated heterocycles. The van der Waals surface area contributed by atoms with Gasteiger partial charge >= 0.3 is 0 Å². The van der Waals surface area contributed by atoms with E-state index in [0.717, 1.165) is 5.56 Å². The summed E-state index contributed by atoms with van der Waals surface area (Å²) in [6, 6.07) is 4.85. The summed E-state index contributed by atoms with van der Waals surface area (Å²) >= 11 is 0. The fraction of sp³-hybridized carbons (Fsp3) is 0.263. The van der Waals surface area contributed by atoms with Crippen LogP contribution in [0.1, 0.15) is 26.4 Å². The molecule has 0 radical (unpaired) electrons. The van der Waals surface area contributed by atoms with Gasteiger partial charge in [0.1, 0.15) is 17.2 Å². The number of aromatic nitrogens is 4. The number of hydrogen-bond donors (Lipinski definition) is 2. The van der Waals surface area contributed by atoms with Gasteiger partial charge in [-0.3, -0.25) is 19.0 Å². The van der Waals surface area contributed by atoms with Gasteiger partial charge in [-0.1, -0.05) is 0 Å². The minimum atomic E-state index is -0.432. The normalized spacial score (nSPS) is 10.5. The number of hydrogen-bond acceptors (Lipinski definition) is 6. The number of carbonyl (C=O) groups is 2. The van der Waals surface area contributed by atoms with Gasteiger partial charge in [-0.05, 0) is 12.1 Å². The number of rotatable bonds is 7. The van der Waals surface area contributed by atoms with Crippen LogP contribution in [-0.2, 0) is 20.6 Å². The molecule has 29 heavy (non-hydrogen) atoms. The van der Waals surface area contributed by atoms with Gasteiger partial charge in [0.25, 0.3) is 11.8 Å². The largest absolute Gasteiger partial charge is 0.497 e. The molecule has 2 amide bonds. The Hall–Kier alpha value is -3.82. The summed E-state index contributed by atoms with van der Waals surface area (Å²) in [5, 5.41) is 13.7. The molecule has 3 rings (SSSR count). The van der Waals surface area contributed by atoms with Gasteiger partial charge < -0.3 is 20.1 Å². The third-order valence-corrected chi connectivity index (χ3v) is 4.27. The van der Waals surface area contributed by atoms with E-state index in [-0.39, 0.29) is 11.6 Å². The lowest BCUT2D eigenvalue weighted by Crippen LogP contribution is -2.26. The van der Waals surface area contributed by atoms with E-state index in [1.54, 1.807) is 43.2 Å². The maximum absolute atomic E-state index is 12.7. The minimum Gasteiger partial charge on any atom is -0.497 e. The first-order valence-corrected chi connectivity index (χ1v) is 8.74. The molecule has 10 heteroatoms. The van der Waals surface area contributed by atoms with Crippen LogP contribution in [-0.4, -0.2) is 45.6 Å². The van der Waals surface area contributed by atoms with Crippen LogP contribution in [0.2, 0.25) is 0 Å². The van der Waals surface area contributed by atoms with Crippen molar-refractivity contribution in [2.24, 2.45) is 14.1 Å². The van der Waals surface area contributed by atoms with Crippen molar-refractivity contribution < 1.29 is 19.1 Å². The number of amides is 2. The Morgan fingerprint density at radius 3 is 2.52 bits per heavy atom. The van der Waals surface area contributed by atoms with E-state index in [9.17, 15) is 9.59 Å². The Labute approximate surface area is 167 Å². The summed E-state index contributed by atoms with van der Waals surface area (Å²) in [5.74, 6) is 0.119. The van der Waals surface area contributed by atoms with E-state index in [4.69, 9.17) is 9.47 Å². The molecular weight excluding hydrogens is 376 g/mol. The van der Waals surface area contributed by atoms with Crippen LogP contribution in [0.3, 0.4) is 0 Å². The van der Waals surface area contributed by atoms with Crippen LogP contribution in [0.25, 0.3) is 0 Å². The highest BCUT2D eigenvalue weighted by atomic mass is 16.5. The van der Waals surface area contributed by atoms with Gasteiger partial charge in [0, 0.05) is 38.5 Å². The molecule has 1 aromatic carbocycles. The number of benzene rings is 1. The molecule has 0 bridgehead atoms. The summed E-state index contributed by atoms with van der Waals surface area (Å²) in [7, 11) is 6.42. The fourth-order valence-electron chi connectivity index (χ4n) is 2.80. The maximum Gasteiger partial charge on any atom is 0.271 e. The van der Waals surface area contributed by atoms with Crippen molar-refractivity contribution in [2.75, 3.05) is 19.5 Å². The summed E-state index contributed by atoms with van der Waals surface area (Å²) in [6.07, 6.45) is 4.90. The predicted octanol–water partition coefficient (Wildman–Crippen LogP) is 1.35. The molecule has 10 nitrogen and oxygen atoms in total. The number of nitrogens with one attached hydrogen (secondary N) is 2. The van der Waals surface area contributed by atoms with Crippen molar-refractivity contribution in [3.63, 3.8) is 0 Å². The third-order valence-electron chi connectivity index (χ3n) is 4.27. The van der Waals surface area contributed by atoms with E-state index in [0.29, 0.717) is 29.3 Å². The lowest BCUT2D eigenvalue weighted by atomic mass is 10.1. The smallest absolute Gasteiger partial charge is 0.271 e. The molecule has 2 N–H and O–H groups in total. The lowest BCUT2D eigenvalue weighted by molar-refractivity contribution is 0.0942. The molecule has 152 valence electrons. The maximum atomic E-state index is 12.7. The Morgan fingerprint density at radius 1 is 1.07 bits per heavy atom. The van der Waals surface area contributed by atoms with E-state index in [1.807, 2.05) is 6.20 Å². The zero-order valence-corrected chi connectivity index (χ0v) is 16.6. The Kier molecular flexibility index (Phi) is 5.82. The molecule has 0 saturated carbocycles. The van der Waals surface area contributed by atoms with Gasteiger partial charge in [-0.25, -0.2) is 0 Å². The fourth-order valence-corrected chi connectivity index (χ4v) is 2.80. The van der Waals surface area contributed by atoms with E-state index in [1.165, 1.54) is 25.1 Å². The van der Waals surface area contributed by atoms with Crippen molar-refractivity contribution in [3.05, 3.63) is 53.6 Å². The number of ether oxygens (including phenoxy) is 2. The van der Waals surface area contributed by atoms with Crippen molar-refractivity contribution in [3.8, 4) is 11.5 Å². The molecule has 0 unspecified atom stereocenters. The first-order chi connectivity index (χ1) is 13.9. The monoisotopic (exact) mass is 398 g/mol. The zero-order valence-electron chi connectivity index (χ0n) is 16.6. The second-order valence-electron chi connectivity index (χ2n) is 6.26. The summed E-state index contributed by atoms with van der Waals surface area (Å²) in [4.78, 5) is 25.4. The van der Waals surface area contributed by atoms with Crippen LogP contribution in [0.5, 0.6) is 11.5 Å². The molecule has 0 aliphatic rings. The predicted molar refractivity (Wildman–Crippen MR) is 105 cm³/mol. The van der Waals surface area contributed by atoms with Crippen LogP contribution >= 0.6 is 0 Å². The first-order valence-electron chi connectivity index (χ1n) is 8.74. The van der Waals surface area contributed by atoms with Crippen molar-refractivity contribution in [1.29, 1.82) is 0 Å². The minimum absolute atomic E-state index is 0.231. The summed E-state index contributed by atoms with van der Waals surface area (Å²) < 4.78 is 13.5. The molecule has 0 fully saturated rings. The third kappa shape index (κ3) is 4.37. The molecule has 0 aliphatic heterocycles. The van der Waals surface area contributed by atoms with Crippen LogP contribution in [0.4, 0.5) is 5.69 Å². The van der Waals surface area contributed by atoms with E-state index >= 15 is 0 Å². The van der Waals surface area contributed by atoms with E-state index in [2.05, 4.69) is 20.8 Å². The number of methoxy groups -OCH3 is 2. The van der Waals surface area contributed by atoms with Gasteiger partial charge in [0.15, 0.2) is 0 Å². The summed E-state index contributed by atoms with van der Waals surface area (Å²) in [6.45, 7) is 0.303. The zero-order chi connectivity index (χ0) is 21.0. The van der Waals surface area contributed by atoms with Gasteiger partial charge in [0.2, 0.25) is 0 Å². The number of nitrogens with zero attached hydrogens (tertiary/aromatic N) is 4. The van der Waals surface area contributed by atoms with Crippen LogP contribution in [0, 0.1) is 0 Å². The number of anilines is 1. The molecule has 2 aromatic heterocycles. The van der Waals surface area contributed by atoms with Crippen molar-refractivity contribution in [1.82, 2.24) is 24.9 Å². The Balaban J connectivity index is 1.77. The van der Waals surface area contributed by atoms with Gasteiger partial charge in [-0.15, -0.1) is 0 Å². The number of aryl methyl sites for hydroxylation is 2. The average molecular weight is 398 g/mol. The van der Waals surface area contributed by atoms with Crippen molar-refractivity contribution >= 4 is 17.5 Å².